The second-order valence-corrected chi connectivity index (χ2v) is 6.51. The van der Waals surface area contributed by atoms with Crippen LogP contribution in [0.15, 0.2) is 12.1 Å². The highest BCUT2D eigenvalue weighted by molar-refractivity contribution is 7.90. The number of rotatable bonds is 4. The van der Waals surface area contributed by atoms with Gasteiger partial charge in [0.05, 0.1) is 11.3 Å². The first-order valence-electron chi connectivity index (χ1n) is 5.33. The van der Waals surface area contributed by atoms with Crippen molar-refractivity contribution in [1.82, 2.24) is 5.32 Å². The Kier molecular flexibility index (Phi) is 4.46. The Morgan fingerprint density at radius 2 is 1.89 bits per heavy atom. The molecule has 0 saturated carbocycles. The van der Waals surface area contributed by atoms with Crippen LogP contribution in [0, 0.1) is 11.6 Å². The molecule has 1 rings (SSSR count). The molecule has 0 aliphatic carbocycles. The van der Waals surface area contributed by atoms with Gasteiger partial charge in [0, 0.05) is 24.1 Å². The Morgan fingerprint density at radius 1 is 1.37 bits per heavy atom. The molecule has 1 aromatic carbocycles. The molecule has 1 aromatic rings. The van der Waals surface area contributed by atoms with Crippen molar-refractivity contribution >= 4 is 21.4 Å². The van der Waals surface area contributed by atoms with Gasteiger partial charge in [0.2, 0.25) is 0 Å². The van der Waals surface area contributed by atoms with Crippen molar-refractivity contribution in [3.05, 3.63) is 29.3 Å². The topological polar surface area (TPSA) is 89.3 Å². The standard InChI is InChI=1S/C11H14F2N2O3S/c1-6(5-19(2,17)18)15-11(16)7-3-8(12)9(13)4-10(7)14/h3-4,6H,5,14H2,1-2H3,(H,15,16). The first kappa shape index (κ1) is 15.4. The lowest BCUT2D eigenvalue weighted by Crippen LogP contribution is -2.37. The van der Waals surface area contributed by atoms with E-state index in [-0.39, 0.29) is 17.0 Å². The number of halogens is 2. The van der Waals surface area contributed by atoms with Crippen LogP contribution < -0.4 is 11.1 Å². The Bertz CT molecular complexity index is 602. The summed E-state index contributed by atoms with van der Waals surface area (Å²) in [7, 11) is -3.26. The van der Waals surface area contributed by atoms with E-state index in [1.807, 2.05) is 0 Å². The van der Waals surface area contributed by atoms with Gasteiger partial charge >= 0.3 is 0 Å². The van der Waals surface area contributed by atoms with E-state index in [0.29, 0.717) is 12.1 Å². The first-order valence-corrected chi connectivity index (χ1v) is 7.39. The van der Waals surface area contributed by atoms with Crippen molar-refractivity contribution in [1.29, 1.82) is 0 Å². The minimum Gasteiger partial charge on any atom is -0.398 e. The van der Waals surface area contributed by atoms with Gasteiger partial charge in [-0.05, 0) is 13.0 Å². The Morgan fingerprint density at radius 3 is 2.42 bits per heavy atom. The molecule has 106 valence electrons. The summed E-state index contributed by atoms with van der Waals surface area (Å²) >= 11 is 0. The summed E-state index contributed by atoms with van der Waals surface area (Å²) in [5.74, 6) is -3.37. The van der Waals surface area contributed by atoms with Crippen molar-refractivity contribution in [2.75, 3.05) is 17.7 Å². The number of anilines is 1. The zero-order chi connectivity index (χ0) is 14.8. The third kappa shape index (κ3) is 4.47. The van der Waals surface area contributed by atoms with Gasteiger partial charge in [-0.25, -0.2) is 17.2 Å². The summed E-state index contributed by atoms with van der Waals surface area (Å²) in [6.07, 6.45) is 1.03. The van der Waals surface area contributed by atoms with Crippen LogP contribution in [0.1, 0.15) is 17.3 Å². The number of amides is 1. The van der Waals surface area contributed by atoms with E-state index < -0.39 is 33.4 Å². The lowest BCUT2D eigenvalue weighted by atomic mass is 10.1. The number of hydrogen-bond acceptors (Lipinski definition) is 4. The maximum absolute atomic E-state index is 13.0. The molecule has 0 radical (unpaired) electrons. The van der Waals surface area contributed by atoms with Crippen LogP contribution in [0.25, 0.3) is 0 Å². The van der Waals surface area contributed by atoms with Crippen LogP contribution in [-0.2, 0) is 9.84 Å². The second kappa shape index (κ2) is 5.52. The molecule has 5 nitrogen and oxygen atoms in total. The van der Waals surface area contributed by atoms with Crippen LogP contribution in [0.4, 0.5) is 14.5 Å². The van der Waals surface area contributed by atoms with Crippen LogP contribution >= 0.6 is 0 Å². The number of sulfone groups is 1. The van der Waals surface area contributed by atoms with Gasteiger partial charge in [-0.1, -0.05) is 0 Å². The zero-order valence-electron chi connectivity index (χ0n) is 10.4. The molecule has 1 atom stereocenters. The van der Waals surface area contributed by atoms with E-state index in [0.717, 1.165) is 6.26 Å². The number of hydrogen-bond donors (Lipinski definition) is 2. The zero-order valence-corrected chi connectivity index (χ0v) is 11.2. The summed E-state index contributed by atoms with van der Waals surface area (Å²) < 4.78 is 47.9. The number of nitrogens with two attached hydrogens (primary N) is 1. The Balaban J connectivity index is 2.87. The van der Waals surface area contributed by atoms with Gasteiger partial charge in [-0.2, -0.15) is 0 Å². The van der Waals surface area contributed by atoms with E-state index in [1.54, 1.807) is 0 Å². The van der Waals surface area contributed by atoms with Gasteiger partial charge in [-0.3, -0.25) is 4.79 Å². The van der Waals surface area contributed by atoms with Crippen LogP contribution in [-0.4, -0.2) is 32.4 Å². The molecule has 0 fully saturated rings. The van der Waals surface area contributed by atoms with Gasteiger partial charge < -0.3 is 11.1 Å². The number of nitrogen functional groups attached to an aromatic ring is 1. The fourth-order valence-electron chi connectivity index (χ4n) is 1.56. The molecule has 1 unspecified atom stereocenters. The Hall–Kier alpha value is -1.70. The third-order valence-corrected chi connectivity index (χ3v) is 3.37. The van der Waals surface area contributed by atoms with Crippen molar-refractivity contribution < 1.29 is 22.0 Å². The van der Waals surface area contributed by atoms with Crippen molar-refractivity contribution in [3.8, 4) is 0 Å². The largest absolute Gasteiger partial charge is 0.398 e. The van der Waals surface area contributed by atoms with Crippen molar-refractivity contribution in [2.24, 2.45) is 0 Å². The minimum atomic E-state index is -3.26. The molecule has 0 spiro atoms. The predicted octanol–water partition coefficient (Wildman–Crippen LogP) is 0.710. The Labute approximate surface area is 109 Å². The van der Waals surface area contributed by atoms with E-state index in [4.69, 9.17) is 5.73 Å². The summed E-state index contributed by atoms with van der Waals surface area (Å²) in [6.45, 7) is 1.48. The average molecular weight is 292 g/mol. The smallest absolute Gasteiger partial charge is 0.253 e. The van der Waals surface area contributed by atoms with Crippen LogP contribution in [0.5, 0.6) is 0 Å². The predicted molar refractivity (Wildman–Crippen MR) is 67.4 cm³/mol. The maximum Gasteiger partial charge on any atom is 0.253 e. The summed E-state index contributed by atoms with van der Waals surface area (Å²) in [6, 6.07) is 0.702. The SMILES string of the molecule is CC(CS(C)(=O)=O)NC(=O)c1cc(F)c(F)cc1N. The molecule has 0 saturated heterocycles. The van der Waals surface area contributed by atoms with Crippen molar-refractivity contribution in [3.63, 3.8) is 0 Å². The highest BCUT2D eigenvalue weighted by Crippen LogP contribution is 2.17. The lowest BCUT2D eigenvalue weighted by molar-refractivity contribution is 0.0944. The molecule has 0 aliphatic rings. The lowest BCUT2D eigenvalue weighted by Gasteiger charge is -2.14. The van der Waals surface area contributed by atoms with Gasteiger partial charge in [-0.15, -0.1) is 0 Å². The van der Waals surface area contributed by atoms with E-state index >= 15 is 0 Å². The fourth-order valence-corrected chi connectivity index (χ4v) is 2.55. The molecule has 8 heteroatoms. The summed E-state index contributed by atoms with van der Waals surface area (Å²) in [4.78, 5) is 11.8. The molecule has 0 heterocycles. The van der Waals surface area contributed by atoms with E-state index in [1.165, 1.54) is 6.92 Å². The molecule has 0 aromatic heterocycles. The normalized spacial score (nSPS) is 13.1. The van der Waals surface area contributed by atoms with Gasteiger partial charge in [0.1, 0.15) is 9.84 Å². The average Bonchev–Trinajstić information content (AvgIpc) is 2.20. The number of benzene rings is 1. The highest BCUT2D eigenvalue weighted by atomic mass is 32.2. The monoisotopic (exact) mass is 292 g/mol. The second-order valence-electron chi connectivity index (χ2n) is 4.32. The highest BCUT2D eigenvalue weighted by Gasteiger charge is 2.18. The van der Waals surface area contributed by atoms with Crippen LogP contribution in [0.3, 0.4) is 0 Å². The van der Waals surface area contributed by atoms with Crippen LogP contribution in [0.2, 0.25) is 0 Å². The number of carbonyl (C=O) groups is 1. The molecule has 19 heavy (non-hydrogen) atoms. The van der Waals surface area contributed by atoms with Gasteiger partial charge in [0.25, 0.3) is 5.91 Å². The quantitative estimate of drug-likeness (QED) is 0.800. The molecule has 1 amide bonds. The summed E-state index contributed by atoms with van der Waals surface area (Å²) in [5, 5.41) is 2.35. The first-order chi connectivity index (χ1) is 8.60. The minimum absolute atomic E-state index is 0.219. The number of carbonyl (C=O) groups excluding carboxylic acids is 1. The van der Waals surface area contributed by atoms with E-state index in [9.17, 15) is 22.0 Å². The molecular weight excluding hydrogens is 278 g/mol. The third-order valence-electron chi connectivity index (χ3n) is 2.27. The molecule has 0 bridgehead atoms. The maximum atomic E-state index is 13.0. The molecule has 3 N–H and O–H groups in total. The number of nitrogens with one attached hydrogen (secondary N) is 1. The fraction of sp³-hybridized carbons (Fsp3) is 0.364. The van der Waals surface area contributed by atoms with E-state index in [2.05, 4.69) is 5.32 Å². The molecule has 0 aliphatic heterocycles. The van der Waals surface area contributed by atoms with Crippen molar-refractivity contribution in [2.45, 2.75) is 13.0 Å². The van der Waals surface area contributed by atoms with Gasteiger partial charge in [0.15, 0.2) is 11.6 Å². The molecular formula is C11H14F2N2O3S. The summed E-state index contributed by atoms with van der Waals surface area (Å²) in [5.41, 5.74) is 4.95.